The van der Waals surface area contributed by atoms with Gasteiger partial charge in [0.15, 0.2) is 0 Å². The largest absolute Gasteiger partial charge is 0.481 e. The molecule has 0 saturated carbocycles. The minimum absolute atomic E-state index is 0.0159. The molecule has 0 aliphatic carbocycles. The maximum atomic E-state index is 13.6. The number of hydrogen-bond acceptors (Lipinski definition) is 5. The molecule has 0 bridgehead atoms. The molecule has 1 aromatic carbocycles. The van der Waals surface area contributed by atoms with Gasteiger partial charge >= 0.3 is 0 Å². The molecule has 1 saturated heterocycles. The van der Waals surface area contributed by atoms with Crippen LogP contribution in [0, 0.1) is 19.8 Å². The van der Waals surface area contributed by atoms with E-state index < -0.39 is 0 Å². The van der Waals surface area contributed by atoms with Crippen molar-refractivity contribution in [2.75, 3.05) is 20.3 Å². The Kier molecular flexibility index (Phi) is 4.78. The van der Waals surface area contributed by atoms with Gasteiger partial charge in [-0.05, 0) is 43.5 Å². The Morgan fingerprint density at radius 1 is 1.23 bits per heavy atom. The Balaban J connectivity index is 1.84. The number of benzene rings is 1. The van der Waals surface area contributed by atoms with Gasteiger partial charge in [0.1, 0.15) is 0 Å². The normalized spacial score (nSPS) is 19.2. The molecule has 7 nitrogen and oxygen atoms in total. The molecule has 1 fully saturated rings. The highest BCUT2D eigenvalue weighted by atomic mass is 16.5. The van der Waals surface area contributed by atoms with Crippen molar-refractivity contribution in [1.29, 1.82) is 0 Å². The van der Waals surface area contributed by atoms with E-state index in [0.717, 1.165) is 45.2 Å². The SMILES string of the molecule is COc1nc(C)cc(C)c1-c1ccc2c3[nH]ncc3c(=O)n([C@H]3CCOC[C@@H]3C)c2c1. The molecular weight excluding hydrogens is 392 g/mol. The fourth-order valence-electron chi connectivity index (χ4n) is 4.87. The number of pyridine rings is 2. The van der Waals surface area contributed by atoms with Crippen LogP contribution in [-0.2, 0) is 4.74 Å². The van der Waals surface area contributed by atoms with Crippen molar-refractivity contribution >= 4 is 21.8 Å². The van der Waals surface area contributed by atoms with Gasteiger partial charge in [-0.2, -0.15) is 5.10 Å². The lowest BCUT2D eigenvalue weighted by molar-refractivity contribution is 0.0291. The molecule has 2 atom stereocenters. The van der Waals surface area contributed by atoms with E-state index in [4.69, 9.17) is 9.47 Å². The highest BCUT2D eigenvalue weighted by Gasteiger charge is 2.27. The molecule has 7 heteroatoms. The molecule has 3 aromatic heterocycles. The van der Waals surface area contributed by atoms with Crippen molar-refractivity contribution in [3.05, 3.63) is 52.1 Å². The predicted molar refractivity (Wildman–Crippen MR) is 121 cm³/mol. The fraction of sp³-hybridized carbons (Fsp3) is 0.375. The first-order valence-electron chi connectivity index (χ1n) is 10.6. The zero-order valence-corrected chi connectivity index (χ0v) is 18.2. The van der Waals surface area contributed by atoms with Crippen LogP contribution in [0.5, 0.6) is 5.88 Å². The monoisotopic (exact) mass is 418 g/mol. The third-order valence-electron chi connectivity index (χ3n) is 6.34. The lowest BCUT2D eigenvalue weighted by Crippen LogP contribution is -2.34. The maximum Gasteiger partial charge on any atom is 0.262 e. The molecule has 1 aliphatic rings. The van der Waals surface area contributed by atoms with Crippen LogP contribution in [0.4, 0.5) is 0 Å². The Labute approximate surface area is 180 Å². The summed E-state index contributed by atoms with van der Waals surface area (Å²) in [6.07, 6.45) is 2.43. The standard InChI is InChI=1S/C24H26N4O3/c1-13-9-15(3)26-23(30-4)21(13)16-5-6-17-20(10-16)28(19-7-8-31-12-14(19)2)24(29)18-11-25-27-22(17)18/h5-6,9-11,14,19H,7-8,12H2,1-4H3,(H,25,27)/t14-,19-/m0/s1. The van der Waals surface area contributed by atoms with E-state index in [1.165, 1.54) is 0 Å². The molecule has 4 heterocycles. The number of ether oxygens (including phenoxy) is 2. The lowest BCUT2D eigenvalue weighted by Gasteiger charge is -2.31. The Morgan fingerprint density at radius 2 is 2.06 bits per heavy atom. The third kappa shape index (κ3) is 3.11. The zero-order valence-electron chi connectivity index (χ0n) is 18.2. The van der Waals surface area contributed by atoms with Crippen LogP contribution in [0.1, 0.15) is 30.6 Å². The highest BCUT2D eigenvalue weighted by molar-refractivity contribution is 6.04. The van der Waals surface area contributed by atoms with E-state index >= 15 is 0 Å². The molecule has 5 rings (SSSR count). The quantitative estimate of drug-likeness (QED) is 0.540. The minimum Gasteiger partial charge on any atom is -0.481 e. The van der Waals surface area contributed by atoms with Gasteiger partial charge in [0, 0.05) is 35.2 Å². The molecular formula is C24H26N4O3. The van der Waals surface area contributed by atoms with E-state index in [0.29, 0.717) is 24.5 Å². The van der Waals surface area contributed by atoms with Crippen LogP contribution >= 0.6 is 0 Å². The van der Waals surface area contributed by atoms with Crippen LogP contribution < -0.4 is 10.3 Å². The van der Waals surface area contributed by atoms with E-state index in [1.807, 2.05) is 17.6 Å². The molecule has 0 radical (unpaired) electrons. The number of rotatable bonds is 3. The Hall–Kier alpha value is -3.19. The van der Waals surface area contributed by atoms with Crippen molar-refractivity contribution in [3.63, 3.8) is 0 Å². The first-order valence-corrected chi connectivity index (χ1v) is 10.6. The van der Waals surface area contributed by atoms with Gasteiger partial charge in [-0.1, -0.05) is 19.1 Å². The summed E-state index contributed by atoms with van der Waals surface area (Å²) in [5.41, 5.74) is 5.55. The average molecular weight is 418 g/mol. The number of H-pyrrole nitrogens is 1. The summed E-state index contributed by atoms with van der Waals surface area (Å²) in [6, 6.07) is 8.32. The van der Waals surface area contributed by atoms with Gasteiger partial charge in [-0.15, -0.1) is 0 Å². The van der Waals surface area contributed by atoms with Crippen molar-refractivity contribution in [2.24, 2.45) is 5.92 Å². The van der Waals surface area contributed by atoms with Crippen LogP contribution in [0.25, 0.3) is 32.9 Å². The number of hydrogen-bond donors (Lipinski definition) is 1. The second-order valence-corrected chi connectivity index (χ2v) is 8.44. The summed E-state index contributed by atoms with van der Waals surface area (Å²) in [6.45, 7) is 7.46. The molecule has 31 heavy (non-hydrogen) atoms. The van der Waals surface area contributed by atoms with Gasteiger partial charge in [0.2, 0.25) is 5.88 Å². The van der Waals surface area contributed by atoms with Gasteiger partial charge < -0.3 is 14.0 Å². The summed E-state index contributed by atoms with van der Waals surface area (Å²) < 4.78 is 13.2. The second-order valence-electron chi connectivity index (χ2n) is 8.44. The van der Waals surface area contributed by atoms with Crippen molar-refractivity contribution in [3.8, 4) is 17.0 Å². The zero-order chi connectivity index (χ0) is 21.7. The topological polar surface area (TPSA) is 82.0 Å². The molecule has 0 unspecified atom stereocenters. The fourth-order valence-corrected chi connectivity index (χ4v) is 4.87. The molecule has 1 N–H and O–H groups in total. The summed E-state index contributed by atoms with van der Waals surface area (Å²) in [4.78, 5) is 18.1. The Bertz CT molecular complexity index is 1350. The van der Waals surface area contributed by atoms with Crippen LogP contribution in [-0.4, -0.2) is 40.1 Å². The summed E-state index contributed by atoms with van der Waals surface area (Å²) in [5.74, 6) is 0.827. The second kappa shape index (κ2) is 7.50. The van der Waals surface area contributed by atoms with E-state index in [1.54, 1.807) is 13.3 Å². The molecule has 4 aromatic rings. The Morgan fingerprint density at radius 3 is 2.84 bits per heavy atom. The number of aromatic nitrogens is 4. The third-order valence-corrected chi connectivity index (χ3v) is 6.34. The average Bonchev–Trinajstić information content (AvgIpc) is 3.25. The summed E-state index contributed by atoms with van der Waals surface area (Å²) in [7, 11) is 1.64. The molecule has 1 aliphatic heterocycles. The first kappa shape index (κ1) is 19.8. The predicted octanol–water partition coefficient (Wildman–Crippen LogP) is 4.16. The molecule has 160 valence electrons. The van der Waals surface area contributed by atoms with Gasteiger partial charge in [0.25, 0.3) is 5.56 Å². The smallest absolute Gasteiger partial charge is 0.262 e. The summed E-state index contributed by atoms with van der Waals surface area (Å²) in [5, 5.41) is 8.77. The van der Waals surface area contributed by atoms with Crippen molar-refractivity contribution in [2.45, 2.75) is 33.2 Å². The van der Waals surface area contributed by atoms with Gasteiger partial charge in [0.05, 0.1) is 36.3 Å². The van der Waals surface area contributed by atoms with Crippen LogP contribution in [0.15, 0.2) is 35.3 Å². The number of fused-ring (bicyclic) bond motifs is 3. The number of nitrogens with one attached hydrogen (secondary N) is 1. The minimum atomic E-state index is -0.0159. The van der Waals surface area contributed by atoms with E-state index in [2.05, 4.69) is 47.2 Å². The molecule has 0 amide bonds. The van der Waals surface area contributed by atoms with E-state index in [9.17, 15) is 4.79 Å². The maximum absolute atomic E-state index is 13.6. The van der Waals surface area contributed by atoms with Gasteiger partial charge in [-0.25, -0.2) is 4.98 Å². The lowest BCUT2D eigenvalue weighted by atomic mass is 9.95. The van der Waals surface area contributed by atoms with Crippen molar-refractivity contribution in [1.82, 2.24) is 19.7 Å². The summed E-state index contributed by atoms with van der Waals surface area (Å²) >= 11 is 0. The van der Waals surface area contributed by atoms with E-state index in [-0.39, 0.29) is 17.5 Å². The van der Waals surface area contributed by atoms with Gasteiger partial charge in [-0.3, -0.25) is 9.89 Å². The number of aromatic amines is 1. The number of aryl methyl sites for hydroxylation is 2. The highest BCUT2D eigenvalue weighted by Crippen LogP contribution is 2.36. The van der Waals surface area contributed by atoms with Crippen molar-refractivity contribution < 1.29 is 9.47 Å². The molecule has 0 spiro atoms. The first-order chi connectivity index (χ1) is 15.0. The van der Waals surface area contributed by atoms with Crippen LogP contribution in [0.2, 0.25) is 0 Å². The number of methoxy groups -OCH3 is 1. The van der Waals surface area contributed by atoms with Crippen LogP contribution in [0.3, 0.4) is 0 Å². The number of nitrogens with zero attached hydrogens (tertiary/aromatic N) is 3.